The molecule has 1 fully saturated rings. The number of nitrogens with zero attached hydrogens (tertiary/aromatic N) is 1. The van der Waals surface area contributed by atoms with Gasteiger partial charge in [0, 0.05) is 6.54 Å². The summed E-state index contributed by atoms with van der Waals surface area (Å²) in [6, 6.07) is -1.11. The van der Waals surface area contributed by atoms with Crippen molar-refractivity contribution in [3.8, 4) is 0 Å². The van der Waals surface area contributed by atoms with E-state index < -0.39 is 30.9 Å². The molecule has 110 valence electrons. The molecule has 1 N–H and O–H groups in total. The average molecular weight is 283 g/mol. The van der Waals surface area contributed by atoms with E-state index >= 15 is 0 Å². The van der Waals surface area contributed by atoms with Crippen molar-refractivity contribution in [3.05, 3.63) is 0 Å². The minimum absolute atomic E-state index is 0.105. The van der Waals surface area contributed by atoms with E-state index in [2.05, 4.69) is 4.74 Å². The lowest BCUT2D eigenvalue weighted by molar-refractivity contribution is -0.164. The second-order valence-corrected chi connectivity index (χ2v) is 4.42. The quantitative estimate of drug-likeness (QED) is 0.845. The van der Waals surface area contributed by atoms with E-state index in [1.165, 1.54) is 0 Å². The molecule has 0 aromatic rings. The highest BCUT2D eigenvalue weighted by Crippen LogP contribution is 2.20. The number of carboxylic acids is 1. The van der Waals surface area contributed by atoms with E-state index in [0.29, 0.717) is 12.8 Å². The van der Waals surface area contributed by atoms with Crippen molar-refractivity contribution in [1.29, 1.82) is 0 Å². The van der Waals surface area contributed by atoms with Gasteiger partial charge in [-0.15, -0.1) is 0 Å². The number of aliphatic carboxylic acids is 1. The molecule has 1 aliphatic rings. The van der Waals surface area contributed by atoms with Crippen LogP contribution in [0.4, 0.5) is 18.0 Å². The SMILES string of the molecule is O=C(O)C1CCCCCCN1C(=O)OCC(F)(F)F. The lowest BCUT2D eigenvalue weighted by atomic mass is 10.0. The van der Waals surface area contributed by atoms with Gasteiger partial charge in [0.25, 0.3) is 0 Å². The molecule has 1 saturated heterocycles. The third-order valence-electron chi connectivity index (χ3n) is 2.88. The fourth-order valence-corrected chi connectivity index (χ4v) is 1.99. The maximum absolute atomic E-state index is 12.0. The molecule has 1 amide bonds. The fraction of sp³-hybridized carbons (Fsp3) is 0.818. The number of ether oxygens (including phenoxy) is 1. The zero-order valence-electron chi connectivity index (χ0n) is 10.3. The number of amides is 1. The number of alkyl halides is 3. The summed E-state index contributed by atoms with van der Waals surface area (Å²) >= 11 is 0. The monoisotopic (exact) mass is 283 g/mol. The summed E-state index contributed by atoms with van der Waals surface area (Å²) in [4.78, 5) is 23.5. The molecule has 1 atom stereocenters. The molecule has 8 heteroatoms. The number of carbonyl (C=O) groups excluding carboxylic acids is 1. The summed E-state index contributed by atoms with van der Waals surface area (Å²) in [6.45, 7) is -1.59. The molecule has 0 spiro atoms. The van der Waals surface area contributed by atoms with E-state index in [1.54, 1.807) is 0 Å². The Hall–Kier alpha value is -1.47. The Balaban J connectivity index is 2.67. The van der Waals surface area contributed by atoms with Gasteiger partial charge >= 0.3 is 18.2 Å². The van der Waals surface area contributed by atoms with Crippen LogP contribution in [0.15, 0.2) is 0 Å². The Morgan fingerprint density at radius 3 is 2.42 bits per heavy atom. The van der Waals surface area contributed by atoms with Crippen molar-refractivity contribution in [2.24, 2.45) is 0 Å². The number of carboxylic acid groups (broad SMARTS) is 1. The lowest BCUT2D eigenvalue weighted by Crippen LogP contribution is -2.47. The highest BCUT2D eigenvalue weighted by atomic mass is 19.4. The zero-order chi connectivity index (χ0) is 14.5. The molecule has 0 saturated carbocycles. The molecule has 1 rings (SSSR count). The zero-order valence-corrected chi connectivity index (χ0v) is 10.3. The summed E-state index contributed by atoms with van der Waals surface area (Å²) in [7, 11) is 0. The average Bonchev–Trinajstić information content (AvgIpc) is 2.24. The second kappa shape index (κ2) is 6.63. The van der Waals surface area contributed by atoms with Gasteiger partial charge in [0.1, 0.15) is 6.04 Å². The van der Waals surface area contributed by atoms with E-state index in [9.17, 15) is 22.8 Å². The maximum Gasteiger partial charge on any atom is 0.422 e. The first-order chi connectivity index (χ1) is 8.81. The predicted octanol–water partition coefficient (Wildman–Crippen LogP) is 2.40. The molecular formula is C11H16F3NO4. The summed E-state index contributed by atoms with van der Waals surface area (Å²) in [5.74, 6) is -1.22. The molecular weight excluding hydrogens is 267 g/mol. The molecule has 0 aromatic carbocycles. The number of hydrogen-bond acceptors (Lipinski definition) is 3. The number of hydrogen-bond donors (Lipinski definition) is 1. The molecule has 1 unspecified atom stereocenters. The van der Waals surface area contributed by atoms with Gasteiger partial charge in [0.05, 0.1) is 0 Å². The second-order valence-electron chi connectivity index (χ2n) is 4.42. The largest absolute Gasteiger partial charge is 0.480 e. The minimum atomic E-state index is -4.61. The first-order valence-electron chi connectivity index (χ1n) is 6.04. The van der Waals surface area contributed by atoms with Gasteiger partial charge in [0.15, 0.2) is 6.61 Å². The molecule has 5 nitrogen and oxygen atoms in total. The van der Waals surface area contributed by atoms with Crippen molar-refractivity contribution in [1.82, 2.24) is 4.90 Å². The Bertz CT molecular complexity index is 332. The van der Waals surface area contributed by atoms with Crippen molar-refractivity contribution in [3.63, 3.8) is 0 Å². The first-order valence-corrected chi connectivity index (χ1v) is 6.04. The van der Waals surface area contributed by atoms with Gasteiger partial charge in [-0.3, -0.25) is 4.90 Å². The number of likely N-dealkylation sites (tertiary alicyclic amines) is 1. The summed E-state index contributed by atoms with van der Waals surface area (Å²) in [5.41, 5.74) is 0. The predicted molar refractivity (Wildman–Crippen MR) is 58.6 cm³/mol. The van der Waals surface area contributed by atoms with Crippen LogP contribution in [0.1, 0.15) is 32.1 Å². The van der Waals surface area contributed by atoms with E-state index in [1.807, 2.05) is 0 Å². The summed E-state index contributed by atoms with van der Waals surface area (Å²) < 4.78 is 40.0. The Kier molecular flexibility index (Phi) is 5.44. The topological polar surface area (TPSA) is 66.8 Å². The Morgan fingerprint density at radius 2 is 1.84 bits per heavy atom. The number of halogens is 3. The van der Waals surface area contributed by atoms with E-state index in [0.717, 1.165) is 17.7 Å². The fourth-order valence-electron chi connectivity index (χ4n) is 1.99. The standard InChI is InChI=1S/C11H16F3NO4/c12-11(13,14)7-19-10(18)15-6-4-2-1-3-5-8(15)9(16)17/h8H,1-7H2,(H,16,17). The number of rotatable bonds is 2. The Labute approximate surface area is 108 Å². The highest BCUT2D eigenvalue weighted by molar-refractivity contribution is 5.80. The summed E-state index contributed by atoms with van der Waals surface area (Å²) in [5, 5.41) is 9.03. The van der Waals surface area contributed by atoms with Gasteiger partial charge in [-0.1, -0.05) is 19.3 Å². The molecule has 0 aliphatic carbocycles. The van der Waals surface area contributed by atoms with E-state index in [4.69, 9.17) is 5.11 Å². The van der Waals surface area contributed by atoms with Crippen LogP contribution in [0.5, 0.6) is 0 Å². The van der Waals surface area contributed by atoms with Crippen LogP contribution < -0.4 is 0 Å². The molecule has 19 heavy (non-hydrogen) atoms. The van der Waals surface area contributed by atoms with Gasteiger partial charge in [-0.2, -0.15) is 13.2 Å². The van der Waals surface area contributed by atoms with Crippen molar-refractivity contribution < 1.29 is 32.6 Å². The number of carbonyl (C=O) groups is 2. The summed E-state index contributed by atoms with van der Waals surface area (Å²) in [6.07, 6.45) is -2.74. The van der Waals surface area contributed by atoms with Crippen LogP contribution in [0.3, 0.4) is 0 Å². The van der Waals surface area contributed by atoms with Crippen LogP contribution in [-0.4, -0.2) is 47.4 Å². The van der Waals surface area contributed by atoms with Crippen LogP contribution in [-0.2, 0) is 9.53 Å². The van der Waals surface area contributed by atoms with Gasteiger partial charge < -0.3 is 9.84 Å². The van der Waals surface area contributed by atoms with Crippen molar-refractivity contribution >= 4 is 12.1 Å². The molecule has 0 radical (unpaired) electrons. The third kappa shape index (κ3) is 5.35. The van der Waals surface area contributed by atoms with Crippen molar-refractivity contribution in [2.75, 3.05) is 13.2 Å². The highest BCUT2D eigenvalue weighted by Gasteiger charge is 2.34. The molecule has 0 aromatic heterocycles. The van der Waals surface area contributed by atoms with Gasteiger partial charge in [0.2, 0.25) is 0 Å². The molecule has 0 bridgehead atoms. The van der Waals surface area contributed by atoms with Gasteiger partial charge in [-0.25, -0.2) is 9.59 Å². The minimum Gasteiger partial charge on any atom is -0.480 e. The maximum atomic E-state index is 12.0. The normalized spacial score (nSPS) is 21.4. The van der Waals surface area contributed by atoms with Gasteiger partial charge in [-0.05, 0) is 12.8 Å². The molecule has 1 aliphatic heterocycles. The van der Waals surface area contributed by atoms with E-state index in [-0.39, 0.29) is 13.0 Å². The first kappa shape index (κ1) is 15.6. The Morgan fingerprint density at radius 1 is 1.21 bits per heavy atom. The smallest absolute Gasteiger partial charge is 0.422 e. The third-order valence-corrected chi connectivity index (χ3v) is 2.88. The van der Waals surface area contributed by atoms with Crippen LogP contribution >= 0.6 is 0 Å². The molecule has 1 heterocycles. The van der Waals surface area contributed by atoms with Crippen LogP contribution in [0.2, 0.25) is 0 Å². The van der Waals surface area contributed by atoms with Crippen LogP contribution in [0.25, 0.3) is 0 Å². The van der Waals surface area contributed by atoms with Crippen molar-refractivity contribution in [2.45, 2.75) is 44.3 Å². The lowest BCUT2D eigenvalue weighted by Gasteiger charge is -2.30. The van der Waals surface area contributed by atoms with Crippen LogP contribution in [0, 0.1) is 0 Å².